The van der Waals surface area contributed by atoms with Crippen molar-refractivity contribution in [3.63, 3.8) is 0 Å². The summed E-state index contributed by atoms with van der Waals surface area (Å²) >= 11 is 0. The summed E-state index contributed by atoms with van der Waals surface area (Å²) in [5, 5.41) is 2.60. The van der Waals surface area contributed by atoms with E-state index >= 15 is 0 Å². The lowest BCUT2D eigenvalue weighted by molar-refractivity contribution is -0.138. The fourth-order valence-corrected chi connectivity index (χ4v) is 4.09. The second-order valence-electron chi connectivity index (χ2n) is 7.57. The molecule has 0 saturated heterocycles. The van der Waals surface area contributed by atoms with Crippen LogP contribution in [0.4, 0.5) is 17.6 Å². The number of halogens is 4. The van der Waals surface area contributed by atoms with E-state index in [0.29, 0.717) is 0 Å². The van der Waals surface area contributed by atoms with E-state index in [0.717, 1.165) is 62.3 Å². The fraction of sp³-hybridized carbons (Fsp3) is 0.409. The number of benzene rings is 2. The minimum absolute atomic E-state index is 0.223. The monoisotopic (exact) mass is 393 g/mol. The molecule has 2 aromatic rings. The minimum atomic E-state index is -4.79. The SMILES string of the molecule is O=C(NCC1(Cc2ccccc2)CCCCC1)c1c(F)cccc1C(F)(F)F. The Labute approximate surface area is 162 Å². The minimum Gasteiger partial charge on any atom is -0.351 e. The summed E-state index contributed by atoms with van der Waals surface area (Å²) in [6.07, 6.45) is 0.832. The molecule has 0 heterocycles. The Morgan fingerprint density at radius 3 is 2.29 bits per heavy atom. The molecule has 1 N–H and O–H groups in total. The van der Waals surface area contributed by atoms with Crippen molar-refractivity contribution < 1.29 is 22.4 Å². The number of rotatable bonds is 5. The van der Waals surface area contributed by atoms with Crippen molar-refractivity contribution in [1.82, 2.24) is 5.32 Å². The molecule has 6 heteroatoms. The Bertz CT molecular complexity index is 811. The summed E-state index contributed by atoms with van der Waals surface area (Å²) in [5.74, 6) is -2.17. The molecular weight excluding hydrogens is 370 g/mol. The Hall–Kier alpha value is -2.37. The quantitative estimate of drug-likeness (QED) is 0.642. The molecule has 2 aromatic carbocycles. The largest absolute Gasteiger partial charge is 0.417 e. The van der Waals surface area contributed by atoms with E-state index in [9.17, 15) is 22.4 Å². The van der Waals surface area contributed by atoms with Crippen LogP contribution in [0.1, 0.15) is 53.6 Å². The van der Waals surface area contributed by atoms with Gasteiger partial charge in [0.05, 0.1) is 11.1 Å². The zero-order valence-electron chi connectivity index (χ0n) is 15.5. The molecule has 1 saturated carbocycles. The summed E-state index contributed by atoms with van der Waals surface area (Å²) < 4.78 is 53.7. The average Bonchev–Trinajstić information content (AvgIpc) is 2.67. The summed E-state index contributed by atoms with van der Waals surface area (Å²) in [7, 11) is 0. The van der Waals surface area contributed by atoms with Crippen LogP contribution >= 0.6 is 0 Å². The van der Waals surface area contributed by atoms with Gasteiger partial charge in [-0.2, -0.15) is 13.2 Å². The molecule has 0 aliphatic heterocycles. The summed E-state index contributed by atoms with van der Waals surface area (Å²) in [4.78, 5) is 12.5. The smallest absolute Gasteiger partial charge is 0.351 e. The third-order valence-corrected chi connectivity index (χ3v) is 5.51. The van der Waals surface area contributed by atoms with Crippen molar-refractivity contribution in [3.8, 4) is 0 Å². The molecule has 0 aromatic heterocycles. The third kappa shape index (κ3) is 4.72. The Morgan fingerprint density at radius 2 is 1.64 bits per heavy atom. The van der Waals surface area contributed by atoms with Crippen LogP contribution in [0.2, 0.25) is 0 Å². The standard InChI is InChI=1S/C22H23F4NO/c23-18-11-7-10-17(22(24,25)26)19(18)20(28)27-15-21(12-5-2-6-13-21)14-16-8-3-1-4-9-16/h1,3-4,7-11H,2,5-6,12-15H2,(H,27,28). The first-order chi connectivity index (χ1) is 13.3. The Kier molecular flexibility index (Phi) is 6.06. The van der Waals surface area contributed by atoms with Crippen molar-refractivity contribution in [2.24, 2.45) is 5.41 Å². The van der Waals surface area contributed by atoms with Gasteiger partial charge in [0, 0.05) is 6.54 Å². The van der Waals surface area contributed by atoms with Crippen LogP contribution in [0.15, 0.2) is 48.5 Å². The van der Waals surface area contributed by atoms with Crippen molar-refractivity contribution in [2.75, 3.05) is 6.54 Å². The van der Waals surface area contributed by atoms with E-state index < -0.39 is 29.0 Å². The lowest BCUT2D eigenvalue weighted by Gasteiger charge is -2.38. The lowest BCUT2D eigenvalue weighted by Crippen LogP contribution is -2.41. The molecule has 1 aliphatic rings. The summed E-state index contributed by atoms with van der Waals surface area (Å²) in [5.41, 5.74) is -1.27. The molecule has 1 fully saturated rings. The average molecular weight is 393 g/mol. The van der Waals surface area contributed by atoms with Crippen molar-refractivity contribution >= 4 is 5.91 Å². The number of alkyl halides is 3. The summed E-state index contributed by atoms with van der Waals surface area (Å²) in [6, 6.07) is 12.4. The van der Waals surface area contributed by atoms with E-state index in [-0.39, 0.29) is 12.0 Å². The zero-order chi connectivity index (χ0) is 20.2. The molecule has 0 spiro atoms. The highest BCUT2D eigenvalue weighted by Gasteiger charge is 2.38. The molecule has 28 heavy (non-hydrogen) atoms. The van der Waals surface area contributed by atoms with E-state index in [2.05, 4.69) is 5.32 Å². The number of carbonyl (C=O) groups excluding carboxylic acids is 1. The molecule has 3 rings (SSSR count). The van der Waals surface area contributed by atoms with Crippen LogP contribution < -0.4 is 5.32 Å². The van der Waals surface area contributed by atoms with Gasteiger partial charge < -0.3 is 5.32 Å². The molecule has 1 aliphatic carbocycles. The second kappa shape index (κ2) is 8.33. The van der Waals surface area contributed by atoms with Gasteiger partial charge in [-0.15, -0.1) is 0 Å². The van der Waals surface area contributed by atoms with E-state index in [4.69, 9.17) is 0 Å². The first kappa shape index (κ1) is 20.4. The van der Waals surface area contributed by atoms with Gasteiger partial charge in [-0.1, -0.05) is 55.7 Å². The highest BCUT2D eigenvalue weighted by molar-refractivity contribution is 5.96. The second-order valence-corrected chi connectivity index (χ2v) is 7.57. The maximum Gasteiger partial charge on any atom is 0.417 e. The molecule has 2 nitrogen and oxygen atoms in total. The zero-order valence-corrected chi connectivity index (χ0v) is 15.5. The number of carbonyl (C=O) groups is 1. The molecule has 0 bridgehead atoms. The highest BCUT2D eigenvalue weighted by atomic mass is 19.4. The van der Waals surface area contributed by atoms with Gasteiger partial charge in [0.25, 0.3) is 5.91 Å². The van der Waals surface area contributed by atoms with Gasteiger partial charge in [0.2, 0.25) is 0 Å². The van der Waals surface area contributed by atoms with Crippen molar-refractivity contribution in [2.45, 2.75) is 44.7 Å². The maximum absolute atomic E-state index is 14.1. The predicted molar refractivity (Wildman–Crippen MR) is 99.4 cm³/mol. The molecule has 0 radical (unpaired) electrons. The lowest BCUT2D eigenvalue weighted by atomic mass is 9.70. The van der Waals surface area contributed by atoms with E-state index in [1.807, 2.05) is 30.3 Å². The molecule has 0 atom stereocenters. The fourth-order valence-electron chi connectivity index (χ4n) is 4.09. The van der Waals surface area contributed by atoms with Crippen LogP contribution in [-0.2, 0) is 12.6 Å². The van der Waals surface area contributed by atoms with Crippen LogP contribution in [-0.4, -0.2) is 12.5 Å². The number of amides is 1. The van der Waals surface area contributed by atoms with Gasteiger partial charge in [0.15, 0.2) is 0 Å². The Balaban J connectivity index is 1.80. The molecular formula is C22H23F4NO. The Morgan fingerprint density at radius 1 is 0.964 bits per heavy atom. The van der Waals surface area contributed by atoms with Crippen LogP contribution in [0, 0.1) is 11.2 Å². The topological polar surface area (TPSA) is 29.1 Å². The van der Waals surface area contributed by atoms with E-state index in [1.165, 1.54) is 0 Å². The van der Waals surface area contributed by atoms with E-state index in [1.54, 1.807) is 0 Å². The third-order valence-electron chi connectivity index (χ3n) is 5.51. The number of hydrogen-bond acceptors (Lipinski definition) is 1. The van der Waals surface area contributed by atoms with Crippen molar-refractivity contribution in [3.05, 3.63) is 71.0 Å². The molecule has 0 unspecified atom stereocenters. The van der Waals surface area contributed by atoms with Gasteiger partial charge in [-0.3, -0.25) is 4.79 Å². The first-order valence-corrected chi connectivity index (χ1v) is 9.49. The maximum atomic E-state index is 14.1. The van der Waals surface area contributed by atoms with Crippen LogP contribution in [0.5, 0.6) is 0 Å². The van der Waals surface area contributed by atoms with Crippen molar-refractivity contribution in [1.29, 1.82) is 0 Å². The highest BCUT2D eigenvalue weighted by Crippen LogP contribution is 2.39. The predicted octanol–water partition coefficient (Wildman–Crippen LogP) is 5.77. The van der Waals surface area contributed by atoms with Gasteiger partial charge in [-0.25, -0.2) is 4.39 Å². The van der Waals surface area contributed by atoms with Gasteiger partial charge in [-0.05, 0) is 42.4 Å². The number of nitrogens with one attached hydrogen (secondary N) is 1. The summed E-state index contributed by atoms with van der Waals surface area (Å²) in [6.45, 7) is 0.229. The number of hydrogen-bond donors (Lipinski definition) is 1. The normalized spacial score (nSPS) is 16.6. The molecule has 1 amide bonds. The van der Waals surface area contributed by atoms with Gasteiger partial charge >= 0.3 is 6.18 Å². The van der Waals surface area contributed by atoms with Gasteiger partial charge in [0.1, 0.15) is 5.82 Å². The molecule has 150 valence electrons. The first-order valence-electron chi connectivity index (χ1n) is 9.49. The van der Waals surface area contributed by atoms with Crippen LogP contribution in [0.3, 0.4) is 0 Å². The van der Waals surface area contributed by atoms with Crippen LogP contribution in [0.25, 0.3) is 0 Å².